The highest BCUT2D eigenvalue weighted by Crippen LogP contribution is 2.25. The molecule has 0 spiro atoms. The summed E-state index contributed by atoms with van der Waals surface area (Å²) in [7, 11) is 3.62. The lowest BCUT2D eigenvalue weighted by Gasteiger charge is -2.37. The minimum Gasteiger partial charge on any atom is -0.480 e. The van der Waals surface area contributed by atoms with Crippen molar-refractivity contribution < 1.29 is 9.90 Å². The van der Waals surface area contributed by atoms with Gasteiger partial charge in [-0.3, -0.25) is 9.69 Å². The van der Waals surface area contributed by atoms with Gasteiger partial charge in [0.15, 0.2) is 0 Å². The number of hydrogen-bond donors (Lipinski definition) is 2. The normalized spacial score (nSPS) is 16.3. The fourth-order valence-corrected chi connectivity index (χ4v) is 2.08. The van der Waals surface area contributed by atoms with Crippen molar-refractivity contribution in [3.63, 3.8) is 0 Å². The maximum atomic E-state index is 11.1. The van der Waals surface area contributed by atoms with E-state index in [0.717, 1.165) is 5.75 Å². The summed E-state index contributed by atoms with van der Waals surface area (Å²) in [5.41, 5.74) is -0.761. The van der Waals surface area contributed by atoms with Gasteiger partial charge in [0.2, 0.25) is 0 Å². The third-order valence-corrected chi connectivity index (χ3v) is 3.57. The molecule has 15 heavy (non-hydrogen) atoms. The van der Waals surface area contributed by atoms with Gasteiger partial charge in [0.25, 0.3) is 0 Å². The van der Waals surface area contributed by atoms with Crippen molar-refractivity contribution in [3.05, 3.63) is 0 Å². The van der Waals surface area contributed by atoms with Gasteiger partial charge in [-0.15, -0.1) is 0 Å². The average Bonchev–Trinajstić information content (AvgIpc) is 2.19. The molecule has 0 heterocycles. The monoisotopic (exact) mass is 253 g/mol. The molecule has 0 aliphatic rings. The molecule has 0 bridgehead atoms. The van der Waals surface area contributed by atoms with Crippen LogP contribution in [0.2, 0.25) is 0 Å². The lowest BCUT2D eigenvalue weighted by Crippen LogP contribution is -2.54. The van der Waals surface area contributed by atoms with Gasteiger partial charge in [0.05, 0.1) is 0 Å². The van der Waals surface area contributed by atoms with Crippen molar-refractivity contribution in [2.75, 3.05) is 32.4 Å². The average molecular weight is 253 g/mol. The first-order valence-corrected chi connectivity index (χ1v) is 7.00. The number of carbonyl (C=O) groups is 1. The van der Waals surface area contributed by atoms with Gasteiger partial charge < -0.3 is 5.11 Å². The van der Waals surface area contributed by atoms with E-state index in [4.69, 9.17) is 5.11 Å². The van der Waals surface area contributed by atoms with E-state index in [2.05, 4.69) is 12.6 Å². The van der Waals surface area contributed by atoms with Crippen LogP contribution < -0.4 is 0 Å². The molecule has 1 N–H and O–H groups in total. The Morgan fingerprint density at radius 3 is 2.13 bits per heavy atom. The zero-order chi connectivity index (χ0) is 12.6. The van der Waals surface area contributed by atoms with E-state index in [-0.39, 0.29) is 5.92 Å². The minimum absolute atomic E-state index is 0.134. The zero-order valence-electron chi connectivity index (χ0n) is 10.4. The molecule has 0 radical (unpaired) electrons. The lowest BCUT2D eigenvalue weighted by molar-refractivity contribution is -0.151. The molecular weight excluding hydrogens is 230 g/mol. The Kier molecular flexibility index (Phi) is 9.70. The molecule has 0 amide bonds. The van der Waals surface area contributed by atoms with Crippen LogP contribution in [0.5, 0.6) is 0 Å². The van der Waals surface area contributed by atoms with Gasteiger partial charge in [0.1, 0.15) is 5.54 Å². The minimum atomic E-state index is -0.761. The number of thioether (sulfide) groups is 1. The predicted molar refractivity (Wildman–Crippen MR) is 72.2 cm³/mol. The molecule has 0 aromatic rings. The lowest BCUT2D eigenvalue weighted by atomic mass is 9.87. The van der Waals surface area contributed by atoms with Crippen LogP contribution >= 0.6 is 24.4 Å². The number of aliphatic carboxylic acids is 1. The summed E-state index contributed by atoms with van der Waals surface area (Å²) in [6.45, 7) is 3.75. The third kappa shape index (κ3) is 4.66. The van der Waals surface area contributed by atoms with Crippen LogP contribution in [0.3, 0.4) is 0 Å². The molecule has 0 aliphatic carbocycles. The van der Waals surface area contributed by atoms with Gasteiger partial charge in [-0.2, -0.15) is 24.4 Å². The molecule has 3 nitrogen and oxygen atoms in total. The molecule has 2 atom stereocenters. The maximum Gasteiger partial charge on any atom is 0.324 e. The summed E-state index contributed by atoms with van der Waals surface area (Å²) in [6, 6.07) is 0. The van der Waals surface area contributed by atoms with E-state index in [1.807, 2.05) is 27.3 Å². The summed E-state index contributed by atoms with van der Waals surface area (Å²) in [5, 5.41) is 9.15. The third-order valence-electron chi connectivity index (χ3n) is 2.74. The zero-order valence-corrected chi connectivity index (χ0v) is 12.2. The van der Waals surface area contributed by atoms with E-state index in [9.17, 15) is 4.79 Å². The highest BCUT2D eigenvalue weighted by atomic mass is 32.2. The van der Waals surface area contributed by atoms with Crippen LogP contribution in [-0.2, 0) is 4.79 Å². The molecule has 0 aromatic carbocycles. The maximum absolute atomic E-state index is 11.1. The van der Waals surface area contributed by atoms with E-state index in [1.54, 1.807) is 29.8 Å². The number of rotatable bonds is 5. The Labute approximate surface area is 103 Å². The largest absolute Gasteiger partial charge is 0.480 e. The molecule has 0 saturated carbocycles. The number of thiol groups is 1. The first-order valence-electron chi connectivity index (χ1n) is 4.71. The molecular formula is C10H23NO2S2. The topological polar surface area (TPSA) is 40.5 Å². The highest BCUT2D eigenvalue weighted by Gasteiger charge is 2.40. The number of hydrogen-bond acceptors (Lipinski definition) is 4. The fourth-order valence-electron chi connectivity index (χ4n) is 1.26. The molecule has 0 fully saturated rings. The van der Waals surface area contributed by atoms with E-state index in [1.165, 1.54) is 0 Å². The Morgan fingerprint density at radius 2 is 1.93 bits per heavy atom. The van der Waals surface area contributed by atoms with Crippen LogP contribution in [0.1, 0.15) is 13.8 Å². The van der Waals surface area contributed by atoms with E-state index < -0.39 is 11.5 Å². The molecule has 0 aromatic heterocycles. The Bertz CT molecular complexity index is 188. The molecule has 0 aliphatic heterocycles. The van der Waals surface area contributed by atoms with Gasteiger partial charge in [-0.25, -0.2) is 0 Å². The Balaban J connectivity index is 0. The van der Waals surface area contributed by atoms with Crippen LogP contribution in [0.25, 0.3) is 0 Å². The van der Waals surface area contributed by atoms with Crippen LogP contribution in [0.4, 0.5) is 0 Å². The standard InChI is InChI=1S/C9H19NO2S.CH4S/c1-7(6-13-5)9(2,8(11)12)10(3)4;1-2/h7H,6H2,1-5H3,(H,11,12);2H,1H3/t7?,9-;/m0./s1. The van der Waals surface area contributed by atoms with Gasteiger partial charge in [-0.1, -0.05) is 6.92 Å². The predicted octanol–water partition coefficient (Wildman–Crippen LogP) is 1.94. The SMILES string of the molecule is CS.CSCC(C)[C@@](C)(C(=O)O)N(C)C. The quantitative estimate of drug-likeness (QED) is 0.735. The van der Waals surface area contributed by atoms with Crippen molar-refractivity contribution in [2.24, 2.45) is 5.92 Å². The van der Waals surface area contributed by atoms with Crippen molar-refractivity contribution in [1.82, 2.24) is 4.90 Å². The van der Waals surface area contributed by atoms with Crippen molar-refractivity contribution in [1.29, 1.82) is 0 Å². The smallest absolute Gasteiger partial charge is 0.324 e. The first-order chi connectivity index (χ1) is 6.87. The van der Waals surface area contributed by atoms with Crippen LogP contribution in [-0.4, -0.2) is 53.9 Å². The molecule has 5 heteroatoms. The number of carboxylic acid groups (broad SMARTS) is 1. The first kappa shape index (κ1) is 17.5. The highest BCUT2D eigenvalue weighted by molar-refractivity contribution is 7.98. The second kappa shape index (κ2) is 8.30. The van der Waals surface area contributed by atoms with Crippen molar-refractivity contribution in [3.8, 4) is 0 Å². The van der Waals surface area contributed by atoms with E-state index in [0.29, 0.717) is 0 Å². The van der Waals surface area contributed by atoms with E-state index >= 15 is 0 Å². The second-order valence-electron chi connectivity index (χ2n) is 3.70. The second-order valence-corrected chi connectivity index (χ2v) is 4.61. The van der Waals surface area contributed by atoms with Crippen LogP contribution in [0.15, 0.2) is 0 Å². The molecule has 1 unspecified atom stereocenters. The Morgan fingerprint density at radius 1 is 1.53 bits per heavy atom. The fraction of sp³-hybridized carbons (Fsp3) is 0.900. The number of likely N-dealkylation sites (N-methyl/N-ethyl adjacent to an activating group) is 1. The number of nitrogens with zero attached hydrogens (tertiary/aromatic N) is 1. The van der Waals surface area contributed by atoms with Crippen LogP contribution in [0, 0.1) is 5.92 Å². The van der Waals surface area contributed by atoms with Gasteiger partial charge >= 0.3 is 5.97 Å². The Hall–Kier alpha value is 0.130. The van der Waals surface area contributed by atoms with Crippen molar-refractivity contribution >= 4 is 30.4 Å². The van der Waals surface area contributed by atoms with Gasteiger partial charge in [0, 0.05) is 0 Å². The summed E-state index contributed by atoms with van der Waals surface area (Å²) in [4.78, 5) is 12.9. The molecule has 0 saturated heterocycles. The van der Waals surface area contributed by atoms with Crippen molar-refractivity contribution in [2.45, 2.75) is 19.4 Å². The summed E-state index contributed by atoms with van der Waals surface area (Å²) in [5.74, 6) is 0.245. The number of carboxylic acids is 1. The summed E-state index contributed by atoms with van der Waals surface area (Å²) >= 11 is 5.21. The summed E-state index contributed by atoms with van der Waals surface area (Å²) in [6.07, 6.45) is 3.69. The summed E-state index contributed by atoms with van der Waals surface area (Å²) < 4.78 is 0. The molecule has 0 rings (SSSR count). The van der Waals surface area contributed by atoms with Gasteiger partial charge in [-0.05, 0) is 45.2 Å². The molecule has 92 valence electrons.